The van der Waals surface area contributed by atoms with Crippen LogP contribution in [0.4, 0.5) is 5.82 Å². The van der Waals surface area contributed by atoms with E-state index in [-0.39, 0.29) is 28.6 Å². The molecule has 0 atom stereocenters. The van der Waals surface area contributed by atoms with Crippen molar-refractivity contribution < 1.29 is 9.47 Å². The summed E-state index contributed by atoms with van der Waals surface area (Å²) in [5.41, 5.74) is 5.85. The van der Waals surface area contributed by atoms with E-state index in [0.29, 0.717) is 24.5 Å². The van der Waals surface area contributed by atoms with Gasteiger partial charge in [0, 0.05) is 18.4 Å². The fraction of sp³-hybridized carbons (Fsp3) is 0.278. The standard InChI is InChI=1S/C18H16N4O3/c19-9-14-16(15(10-20)18(23)22-17(14)21)11-1-3-12(4-2-11)25-13-5-7-24-8-6-13/h1-4,13H,5-8H2,(H3,21,22,23). The molecule has 7 nitrogen and oxygen atoms in total. The van der Waals surface area contributed by atoms with Crippen LogP contribution in [0.2, 0.25) is 0 Å². The van der Waals surface area contributed by atoms with Crippen molar-refractivity contribution in [3.63, 3.8) is 0 Å². The van der Waals surface area contributed by atoms with Gasteiger partial charge in [-0.2, -0.15) is 10.5 Å². The summed E-state index contributed by atoms with van der Waals surface area (Å²) in [5, 5.41) is 18.6. The Kier molecular flexibility index (Phi) is 4.69. The lowest BCUT2D eigenvalue weighted by atomic mass is 9.96. The summed E-state index contributed by atoms with van der Waals surface area (Å²) in [6.45, 7) is 1.37. The number of nitriles is 2. The lowest BCUT2D eigenvalue weighted by Crippen LogP contribution is -2.25. The van der Waals surface area contributed by atoms with Gasteiger partial charge in [-0.3, -0.25) is 4.79 Å². The van der Waals surface area contributed by atoms with Crippen LogP contribution >= 0.6 is 0 Å². The molecule has 1 aromatic heterocycles. The molecule has 1 aromatic carbocycles. The Morgan fingerprint density at radius 2 is 1.76 bits per heavy atom. The Labute approximate surface area is 144 Å². The molecule has 2 heterocycles. The van der Waals surface area contributed by atoms with Crippen LogP contribution in [0.3, 0.4) is 0 Å². The van der Waals surface area contributed by atoms with E-state index in [2.05, 4.69) is 4.98 Å². The van der Waals surface area contributed by atoms with E-state index in [1.54, 1.807) is 24.3 Å². The molecule has 0 unspecified atom stereocenters. The maximum atomic E-state index is 12.0. The molecule has 1 aliphatic rings. The number of aromatic amines is 1. The summed E-state index contributed by atoms with van der Waals surface area (Å²) in [6.07, 6.45) is 1.78. The number of aromatic nitrogens is 1. The Bertz CT molecular complexity index is 914. The Balaban J connectivity index is 1.96. The van der Waals surface area contributed by atoms with Crippen molar-refractivity contribution in [3.05, 3.63) is 45.7 Å². The highest BCUT2D eigenvalue weighted by Gasteiger charge is 2.19. The highest BCUT2D eigenvalue weighted by molar-refractivity contribution is 5.80. The molecule has 1 aliphatic heterocycles. The number of nitrogens with two attached hydrogens (primary N) is 1. The molecule has 1 saturated heterocycles. The molecule has 7 heteroatoms. The van der Waals surface area contributed by atoms with E-state index in [0.717, 1.165) is 12.8 Å². The van der Waals surface area contributed by atoms with Crippen LogP contribution in [0.15, 0.2) is 29.1 Å². The number of ether oxygens (including phenoxy) is 2. The molecule has 0 amide bonds. The van der Waals surface area contributed by atoms with Gasteiger partial charge in [0.1, 0.15) is 40.9 Å². The average Bonchev–Trinajstić information content (AvgIpc) is 2.63. The quantitative estimate of drug-likeness (QED) is 0.882. The second kappa shape index (κ2) is 7.08. The number of hydrogen-bond donors (Lipinski definition) is 2. The third kappa shape index (κ3) is 3.32. The normalized spacial score (nSPS) is 14.5. The van der Waals surface area contributed by atoms with Crippen LogP contribution in [-0.4, -0.2) is 24.3 Å². The predicted molar refractivity (Wildman–Crippen MR) is 90.8 cm³/mol. The van der Waals surface area contributed by atoms with Crippen molar-refractivity contribution in [2.45, 2.75) is 18.9 Å². The fourth-order valence-corrected chi connectivity index (χ4v) is 2.82. The SMILES string of the molecule is N#Cc1c(N)[nH]c(=O)c(C#N)c1-c1ccc(OC2CCOCC2)cc1. The van der Waals surface area contributed by atoms with Crippen molar-refractivity contribution in [3.8, 4) is 29.0 Å². The molecule has 0 bridgehead atoms. The topological polar surface area (TPSA) is 125 Å². The van der Waals surface area contributed by atoms with E-state index in [1.165, 1.54) is 0 Å². The van der Waals surface area contributed by atoms with E-state index in [4.69, 9.17) is 15.2 Å². The van der Waals surface area contributed by atoms with Gasteiger partial charge < -0.3 is 20.2 Å². The smallest absolute Gasteiger partial charge is 0.268 e. The van der Waals surface area contributed by atoms with Crippen LogP contribution in [0, 0.1) is 22.7 Å². The van der Waals surface area contributed by atoms with Crippen molar-refractivity contribution in [1.82, 2.24) is 4.98 Å². The van der Waals surface area contributed by atoms with E-state index in [9.17, 15) is 15.3 Å². The molecule has 1 fully saturated rings. The van der Waals surface area contributed by atoms with Crippen LogP contribution in [0.1, 0.15) is 24.0 Å². The Morgan fingerprint density at radius 3 is 2.36 bits per heavy atom. The first-order valence-corrected chi connectivity index (χ1v) is 7.85. The fourth-order valence-electron chi connectivity index (χ4n) is 2.82. The van der Waals surface area contributed by atoms with Crippen LogP contribution in [0.5, 0.6) is 5.75 Å². The van der Waals surface area contributed by atoms with E-state index >= 15 is 0 Å². The molecule has 25 heavy (non-hydrogen) atoms. The lowest BCUT2D eigenvalue weighted by Gasteiger charge is -2.23. The minimum atomic E-state index is -0.614. The molecule has 0 saturated carbocycles. The van der Waals surface area contributed by atoms with Gasteiger partial charge in [-0.1, -0.05) is 12.1 Å². The van der Waals surface area contributed by atoms with E-state index in [1.807, 2.05) is 12.1 Å². The Morgan fingerprint density at radius 1 is 1.12 bits per heavy atom. The van der Waals surface area contributed by atoms with Crippen molar-refractivity contribution in [2.24, 2.45) is 0 Å². The number of pyridine rings is 1. The van der Waals surface area contributed by atoms with Gasteiger partial charge in [-0.25, -0.2) is 0 Å². The third-order valence-electron chi connectivity index (χ3n) is 4.08. The monoisotopic (exact) mass is 336 g/mol. The zero-order valence-electron chi connectivity index (χ0n) is 13.4. The number of hydrogen-bond acceptors (Lipinski definition) is 6. The zero-order chi connectivity index (χ0) is 17.8. The average molecular weight is 336 g/mol. The molecule has 2 aromatic rings. The number of nitrogen functional groups attached to an aromatic ring is 1. The molecule has 0 spiro atoms. The molecular formula is C18H16N4O3. The molecule has 3 rings (SSSR count). The number of nitrogens with one attached hydrogen (secondary N) is 1. The molecule has 0 aliphatic carbocycles. The number of nitrogens with zero attached hydrogens (tertiary/aromatic N) is 2. The highest BCUT2D eigenvalue weighted by Crippen LogP contribution is 2.30. The van der Waals surface area contributed by atoms with Gasteiger partial charge in [0.15, 0.2) is 0 Å². The van der Waals surface area contributed by atoms with Crippen LogP contribution < -0.4 is 16.0 Å². The third-order valence-corrected chi connectivity index (χ3v) is 4.08. The largest absolute Gasteiger partial charge is 0.490 e. The maximum absolute atomic E-state index is 12.0. The number of benzene rings is 1. The van der Waals surface area contributed by atoms with Crippen molar-refractivity contribution in [1.29, 1.82) is 10.5 Å². The summed E-state index contributed by atoms with van der Waals surface area (Å²) in [7, 11) is 0. The van der Waals surface area contributed by atoms with Gasteiger partial charge in [-0.15, -0.1) is 0 Å². The number of H-pyrrole nitrogens is 1. The predicted octanol–water partition coefficient (Wildman–Crippen LogP) is 1.93. The van der Waals surface area contributed by atoms with Crippen molar-refractivity contribution >= 4 is 5.82 Å². The van der Waals surface area contributed by atoms with Gasteiger partial charge in [0.25, 0.3) is 5.56 Å². The number of rotatable bonds is 3. The van der Waals surface area contributed by atoms with E-state index < -0.39 is 5.56 Å². The van der Waals surface area contributed by atoms with Gasteiger partial charge in [0.05, 0.1) is 13.2 Å². The molecular weight excluding hydrogens is 320 g/mol. The summed E-state index contributed by atoms with van der Waals surface area (Å²) in [5.74, 6) is 0.634. The van der Waals surface area contributed by atoms with Crippen molar-refractivity contribution in [2.75, 3.05) is 18.9 Å². The zero-order valence-corrected chi connectivity index (χ0v) is 13.4. The molecule has 126 valence electrons. The second-order valence-electron chi connectivity index (χ2n) is 5.67. The highest BCUT2D eigenvalue weighted by atomic mass is 16.5. The van der Waals surface area contributed by atoms with Crippen LogP contribution in [-0.2, 0) is 4.74 Å². The summed E-state index contributed by atoms with van der Waals surface area (Å²) >= 11 is 0. The summed E-state index contributed by atoms with van der Waals surface area (Å²) in [6, 6.07) is 10.7. The maximum Gasteiger partial charge on any atom is 0.268 e. The lowest BCUT2D eigenvalue weighted by molar-refractivity contribution is 0.0256. The first kappa shape index (κ1) is 16.6. The summed E-state index contributed by atoms with van der Waals surface area (Å²) in [4.78, 5) is 14.3. The van der Waals surface area contributed by atoms with Gasteiger partial charge >= 0.3 is 0 Å². The second-order valence-corrected chi connectivity index (χ2v) is 5.67. The minimum absolute atomic E-state index is 0.0518. The first-order chi connectivity index (χ1) is 12.1. The van der Waals surface area contributed by atoms with Gasteiger partial charge in [-0.05, 0) is 17.7 Å². The molecule has 0 radical (unpaired) electrons. The summed E-state index contributed by atoms with van der Waals surface area (Å²) < 4.78 is 11.2. The number of anilines is 1. The van der Waals surface area contributed by atoms with Gasteiger partial charge in [0.2, 0.25) is 0 Å². The first-order valence-electron chi connectivity index (χ1n) is 7.85. The Hall–Kier alpha value is -3.29. The molecule has 3 N–H and O–H groups in total. The minimum Gasteiger partial charge on any atom is -0.490 e. The van der Waals surface area contributed by atoms with Crippen LogP contribution in [0.25, 0.3) is 11.1 Å².